The van der Waals surface area contributed by atoms with Gasteiger partial charge in [0.2, 0.25) is 5.91 Å². The van der Waals surface area contributed by atoms with Crippen molar-refractivity contribution in [1.82, 2.24) is 9.80 Å². The van der Waals surface area contributed by atoms with E-state index in [1.807, 2.05) is 12.1 Å². The maximum absolute atomic E-state index is 11.8. The van der Waals surface area contributed by atoms with Crippen molar-refractivity contribution in [2.24, 2.45) is 5.41 Å². The lowest BCUT2D eigenvalue weighted by Crippen LogP contribution is -2.56. The van der Waals surface area contributed by atoms with Crippen molar-refractivity contribution in [1.29, 1.82) is 0 Å². The Labute approximate surface area is 162 Å². The largest absolute Gasteiger partial charge is 0.497 e. The molecule has 0 spiro atoms. The third-order valence-corrected chi connectivity index (χ3v) is 5.75. The molecule has 0 unspecified atom stereocenters. The number of hydrogen-bond acceptors (Lipinski definition) is 5. The van der Waals surface area contributed by atoms with Crippen molar-refractivity contribution >= 4 is 5.91 Å². The average molecular weight is 376 g/mol. The minimum atomic E-state index is -0.0183. The molecule has 1 aromatic rings. The average Bonchev–Trinajstić information content (AvgIpc) is 2.68. The number of hydrogen-bond donors (Lipinski definition) is 0. The standard InChI is InChI=1S/C21H32N2O4/c1-22(2)20(24)14-26-16-21-10-4-12-27-19(21)9-11-23(15-21)13-17-5-7-18(25-3)8-6-17/h5-8,19H,4,9-16H2,1-3H3/t19-,21-/m1/s1. The Kier molecular flexibility index (Phi) is 6.73. The lowest BCUT2D eigenvalue weighted by molar-refractivity contribution is -0.160. The molecule has 150 valence electrons. The zero-order valence-corrected chi connectivity index (χ0v) is 16.8. The summed E-state index contributed by atoms with van der Waals surface area (Å²) in [7, 11) is 5.20. The van der Waals surface area contributed by atoms with E-state index in [4.69, 9.17) is 14.2 Å². The van der Waals surface area contributed by atoms with Gasteiger partial charge in [0.1, 0.15) is 12.4 Å². The second-order valence-electron chi connectivity index (χ2n) is 7.95. The number of carbonyl (C=O) groups excluding carboxylic acids is 1. The summed E-state index contributed by atoms with van der Waals surface area (Å²) in [5, 5.41) is 0. The highest BCUT2D eigenvalue weighted by molar-refractivity contribution is 5.76. The predicted octanol–water partition coefficient (Wildman–Crippen LogP) is 2.17. The van der Waals surface area contributed by atoms with Gasteiger partial charge in [-0.15, -0.1) is 0 Å². The lowest BCUT2D eigenvalue weighted by Gasteiger charge is -2.50. The Bertz CT molecular complexity index is 619. The van der Waals surface area contributed by atoms with E-state index in [0.717, 1.165) is 51.3 Å². The number of likely N-dealkylation sites (tertiary alicyclic amines) is 1. The van der Waals surface area contributed by atoms with E-state index >= 15 is 0 Å². The van der Waals surface area contributed by atoms with Crippen LogP contribution < -0.4 is 4.74 Å². The predicted molar refractivity (Wildman–Crippen MR) is 104 cm³/mol. The minimum absolute atomic E-state index is 0.00516. The van der Waals surface area contributed by atoms with Crippen molar-refractivity contribution in [2.45, 2.75) is 31.9 Å². The van der Waals surface area contributed by atoms with Gasteiger partial charge in [-0.1, -0.05) is 12.1 Å². The van der Waals surface area contributed by atoms with Crippen molar-refractivity contribution in [3.63, 3.8) is 0 Å². The summed E-state index contributed by atoms with van der Waals surface area (Å²) >= 11 is 0. The summed E-state index contributed by atoms with van der Waals surface area (Å²) in [6.07, 6.45) is 3.39. The van der Waals surface area contributed by atoms with Crippen LogP contribution in [0.15, 0.2) is 24.3 Å². The normalized spacial score (nSPS) is 25.7. The fourth-order valence-electron chi connectivity index (χ4n) is 4.19. The summed E-state index contributed by atoms with van der Waals surface area (Å²) in [6.45, 7) is 4.43. The van der Waals surface area contributed by atoms with Crippen LogP contribution in [0.25, 0.3) is 0 Å². The zero-order chi connectivity index (χ0) is 19.3. The Morgan fingerprint density at radius 2 is 2.11 bits per heavy atom. The molecule has 0 saturated carbocycles. The topological polar surface area (TPSA) is 51.2 Å². The van der Waals surface area contributed by atoms with Gasteiger partial charge in [0.15, 0.2) is 0 Å². The molecule has 2 fully saturated rings. The van der Waals surface area contributed by atoms with E-state index in [1.165, 1.54) is 5.56 Å². The number of methoxy groups -OCH3 is 1. The molecule has 0 bridgehead atoms. The molecule has 2 aliphatic heterocycles. The van der Waals surface area contributed by atoms with Crippen LogP contribution in [-0.2, 0) is 20.8 Å². The number of likely N-dealkylation sites (N-methyl/N-ethyl adjacent to an activating group) is 1. The van der Waals surface area contributed by atoms with Gasteiger partial charge in [-0.05, 0) is 37.0 Å². The summed E-state index contributed by atoms with van der Waals surface area (Å²) < 4.78 is 17.2. The molecule has 2 atom stereocenters. The van der Waals surface area contributed by atoms with Crippen molar-refractivity contribution in [3.05, 3.63) is 29.8 Å². The van der Waals surface area contributed by atoms with Gasteiger partial charge in [-0.3, -0.25) is 9.69 Å². The van der Waals surface area contributed by atoms with Crippen molar-refractivity contribution < 1.29 is 19.0 Å². The molecule has 0 aliphatic carbocycles. The van der Waals surface area contributed by atoms with Crippen LogP contribution in [-0.4, -0.2) is 75.9 Å². The highest BCUT2D eigenvalue weighted by Crippen LogP contribution is 2.40. The third kappa shape index (κ3) is 5.00. The van der Waals surface area contributed by atoms with Crippen LogP contribution in [0.2, 0.25) is 0 Å². The maximum atomic E-state index is 11.8. The number of piperidine rings is 1. The van der Waals surface area contributed by atoms with Crippen LogP contribution in [0.5, 0.6) is 5.75 Å². The van der Waals surface area contributed by atoms with Gasteiger partial charge in [0.05, 0.1) is 19.8 Å². The summed E-state index contributed by atoms with van der Waals surface area (Å²) in [5.74, 6) is 0.888. The van der Waals surface area contributed by atoms with Crippen LogP contribution in [0.4, 0.5) is 0 Å². The first kappa shape index (κ1) is 20.1. The molecule has 6 nitrogen and oxygen atoms in total. The first-order chi connectivity index (χ1) is 13.0. The SMILES string of the molecule is COc1ccc(CN2CC[C@H]3OCCC[C@]3(COCC(=O)N(C)C)C2)cc1. The molecule has 0 N–H and O–H groups in total. The molecule has 6 heteroatoms. The molecule has 2 heterocycles. The number of ether oxygens (including phenoxy) is 3. The van der Waals surface area contributed by atoms with E-state index in [2.05, 4.69) is 17.0 Å². The molecule has 0 radical (unpaired) electrons. The van der Waals surface area contributed by atoms with Crippen LogP contribution in [0, 0.1) is 5.41 Å². The number of benzene rings is 1. The molecule has 3 rings (SSSR count). The molecular weight excluding hydrogens is 344 g/mol. The van der Waals surface area contributed by atoms with Crippen LogP contribution >= 0.6 is 0 Å². The number of fused-ring (bicyclic) bond motifs is 1. The number of carbonyl (C=O) groups is 1. The molecule has 1 aromatic carbocycles. The number of amides is 1. The summed E-state index contributed by atoms with van der Waals surface area (Å²) in [5.41, 5.74) is 1.26. The van der Waals surface area contributed by atoms with Gasteiger partial charge < -0.3 is 19.1 Å². The highest BCUT2D eigenvalue weighted by atomic mass is 16.5. The Morgan fingerprint density at radius 1 is 1.33 bits per heavy atom. The van der Waals surface area contributed by atoms with E-state index in [-0.39, 0.29) is 24.0 Å². The highest BCUT2D eigenvalue weighted by Gasteiger charge is 2.46. The summed E-state index contributed by atoms with van der Waals surface area (Å²) in [6, 6.07) is 8.28. The van der Waals surface area contributed by atoms with Crippen molar-refractivity contribution in [3.8, 4) is 5.75 Å². The maximum Gasteiger partial charge on any atom is 0.248 e. The quantitative estimate of drug-likeness (QED) is 0.730. The Morgan fingerprint density at radius 3 is 2.81 bits per heavy atom. The minimum Gasteiger partial charge on any atom is -0.497 e. The van der Waals surface area contributed by atoms with Gasteiger partial charge >= 0.3 is 0 Å². The zero-order valence-electron chi connectivity index (χ0n) is 16.8. The Balaban J connectivity index is 1.62. The number of nitrogens with zero attached hydrogens (tertiary/aromatic N) is 2. The van der Waals surface area contributed by atoms with Gasteiger partial charge in [-0.2, -0.15) is 0 Å². The van der Waals surface area contributed by atoms with E-state index in [1.54, 1.807) is 26.1 Å². The molecule has 27 heavy (non-hydrogen) atoms. The van der Waals surface area contributed by atoms with E-state index in [0.29, 0.717) is 6.61 Å². The monoisotopic (exact) mass is 376 g/mol. The van der Waals surface area contributed by atoms with Crippen LogP contribution in [0.1, 0.15) is 24.8 Å². The number of rotatable bonds is 7. The molecule has 0 aromatic heterocycles. The molecular formula is C21H32N2O4. The first-order valence-corrected chi connectivity index (χ1v) is 9.77. The third-order valence-electron chi connectivity index (χ3n) is 5.75. The van der Waals surface area contributed by atoms with Gasteiger partial charge in [0, 0.05) is 45.8 Å². The smallest absolute Gasteiger partial charge is 0.248 e. The Hall–Kier alpha value is -1.63. The second-order valence-corrected chi connectivity index (χ2v) is 7.95. The second kappa shape index (κ2) is 9.04. The molecule has 1 amide bonds. The van der Waals surface area contributed by atoms with Crippen LogP contribution in [0.3, 0.4) is 0 Å². The van der Waals surface area contributed by atoms with Gasteiger partial charge in [0.25, 0.3) is 0 Å². The molecule has 2 aliphatic rings. The molecule has 2 saturated heterocycles. The lowest BCUT2D eigenvalue weighted by atomic mass is 9.73. The van der Waals surface area contributed by atoms with E-state index < -0.39 is 0 Å². The fraction of sp³-hybridized carbons (Fsp3) is 0.667. The fourth-order valence-corrected chi connectivity index (χ4v) is 4.19. The summed E-state index contributed by atoms with van der Waals surface area (Å²) in [4.78, 5) is 15.9. The van der Waals surface area contributed by atoms with Crippen molar-refractivity contribution in [2.75, 3.05) is 54.1 Å². The van der Waals surface area contributed by atoms with E-state index in [9.17, 15) is 4.79 Å². The van der Waals surface area contributed by atoms with Gasteiger partial charge in [-0.25, -0.2) is 0 Å². The first-order valence-electron chi connectivity index (χ1n) is 9.77.